The normalized spacial score (nSPS) is 26.8. The fraction of sp³-hybridized carbons (Fsp3) is 0.923. The summed E-state index contributed by atoms with van der Waals surface area (Å²) in [5, 5.41) is 0. The van der Waals surface area contributed by atoms with Gasteiger partial charge in [-0.25, -0.2) is 0 Å². The van der Waals surface area contributed by atoms with E-state index in [9.17, 15) is 4.79 Å². The van der Waals surface area contributed by atoms with Gasteiger partial charge >= 0.3 is 0 Å². The third-order valence-electron chi connectivity index (χ3n) is 3.95. The molecule has 2 aliphatic rings. The molecule has 2 fully saturated rings. The number of hydrogen-bond donors (Lipinski definition) is 0. The van der Waals surface area contributed by atoms with Gasteiger partial charge in [-0.3, -0.25) is 9.69 Å². The number of likely N-dealkylation sites (N-methyl/N-ethyl adjacent to an activating group) is 1. The van der Waals surface area contributed by atoms with Crippen LogP contribution in [-0.2, 0) is 9.53 Å². The highest BCUT2D eigenvalue weighted by Crippen LogP contribution is 2.15. The summed E-state index contributed by atoms with van der Waals surface area (Å²) in [5.74, 6) is 0.281. The molecule has 0 aliphatic carbocycles. The number of hydrogen-bond acceptors (Lipinski definition) is 3. The van der Waals surface area contributed by atoms with Crippen molar-refractivity contribution in [2.24, 2.45) is 0 Å². The molecule has 0 unspecified atom stereocenters. The molecule has 0 radical (unpaired) electrons. The van der Waals surface area contributed by atoms with Gasteiger partial charge in [0, 0.05) is 26.2 Å². The van der Waals surface area contributed by atoms with E-state index in [0.29, 0.717) is 6.10 Å². The average molecular weight is 240 g/mol. The maximum Gasteiger partial charge on any atom is 0.239 e. The Hall–Kier alpha value is -0.610. The summed E-state index contributed by atoms with van der Waals surface area (Å²) in [7, 11) is 2.03. The minimum atomic E-state index is -0.0164. The minimum Gasteiger partial charge on any atom is -0.377 e. The zero-order valence-electron chi connectivity index (χ0n) is 11.0. The fourth-order valence-electron chi connectivity index (χ4n) is 2.66. The first-order valence-electron chi connectivity index (χ1n) is 6.79. The van der Waals surface area contributed by atoms with E-state index >= 15 is 0 Å². The molecule has 0 saturated carbocycles. The second kappa shape index (κ2) is 5.83. The molecule has 0 aromatic heterocycles. The lowest BCUT2D eigenvalue weighted by atomic mass is 10.2. The number of carbonyl (C=O) groups is 1. The van der Waals surface area contributed by atoms with Crippen molar-refractivity contribution in [1.29, 1.82) is 0 Å². The number of amides is 1. The molecule has 1 amide bonds. The Morgan fingerprint density at radius 3 is 2.71 bits per heavy atom. The van der Waals surface area contributed by atoms with Crippen LogP contribution >= 0.6 is 0 Å². The van der Waals surface area contributed by atoms with Crippen LogP contribution in [0.3, 0.4) is 0 Å². The lowest BCUT2D eigenvalue weighted by Gasteiger charge is -2.29. The standard InChI is InChI=1S/C13H24N2O2/c1-11(13(16)15-7-3-4-8-15)14(2)10-12-6-5-9-17-12/h11-12H,3-10H2,1-2H3/t11-,12+/m1/s1. The zero-order chi connectivity index (χ0) is 12.3. The van der Waals surface area contributed by atoms with Crippen LogP contribution in [-0.4, -0.2) is 61.1 Å². The molecule has 98 valence electrons. The van der Waals surface area contributed by atoms with Crippen LogP contribution in [0.25, 0.3) is 0 Å². The van der Waals surface area contributed by atoms with Gasteiger partial charge in [0.25, 0.3) is 0 Å². The van der Waals surface area contributed by atoms with Crippen LogP contribution in [0.5, 0.6) is 0 Å². The van der Waals surface area contributed by atoms with Crippen LogP contribution in [0, 0.1) is 0 Å². The Morgan fingerprint density at radius 1 is 1.41 bits per heavy atom. The maximum atomic E-state index is 12.2. The van der Waals surface area contributed by atoms with Crippen molar-refractivity contribution >= 4 is 5.91 Å². The minimum absolute atomic E-state index is 0.0164. The van der Waals surface area contributed by atoms with E-state index in [1.165, 1.54) is 0 Å². The highest BCUT2D eigenvalue weighted by Gasteiger charge is 2.28. The van der Waals surface area contributed by atoms with Gasteiger partial charge in [0.05, 0.1) is 12.1 Å². The van der Waals surface area contributed by atoms with Crippen molar-refractivity contribution in [1.82, 2.24) is 9.80 Å². The SMILES string of the molecule is C[C@H](C(=O)N1CCCC1)N(C)C[C@@H]1CCCO1. The molecule has 2 saturated heterocycles. The van der Waals surface area contributed by atoms with Gasteiger partial charge in [-0.1, -0.05) is 0 Å². The van der Waals surface area contributed by atoms with E-state index in [-0.39, 0.29) is 11.9 Å². The summed E-state index contributed by atoms with van der Waals surface area (Å²) in [6, 6.07) is -0.0164. The molecule has 2 heterocycles. The first kappa shape index (κ1) is 12.8. The van der Waals surface area contributed by atoms with Crippen LogP contribution in [0.2, 0.25) is 0 Å². The van der Waals surface area contributed by atoms with Crippen LogP contribution in [0.4, 0.5) is 0 Å². The molecule has 0 bridgehead atoms. The second-order valence-corrected chi connectivity index (χ2v) is 5.28. The molecule has 0 spiro atoms. The van der Waals surface area contributed by atoms with Crippen LogP contribution in [0.15, 0.2) is 0 Å². The van der Waals surface area contributed by atoms with Gasteiger partial charge in [0.15, 0.2) is 0 Å². The predicted molar refractivity (Wildman–Crippen MR) is 66.9 cm³/mol. The molecule has 2 rings (SSSR count). The average Bonchev–Trinajstić information content (AvgIpc) is 2.99. The van der Waals surface area contributed by atoms with E-state index in [4.69, 9.17) is 4.74 Å². The number of rotatable bonds is 4. The third kappa shape index (κ3) is 3.19. The van der Waals surface area contributed by atoms with E-state index in [1.54, 1.807) is 0 Å². The van der Waals surface area contributed by atoms with Gasteiger partial charge in [-0.05, 0) is 39.7 Å². The van der Waals surface area contributed by atoms with E-state index in [0.717, 1.165) is 51.9 Å². The van der Waals surface area contributed by atoms with Gasteiger partial charge < -0.3 is 9.64 Å². The zero-order valence-corrected chi connectivity index (χ0v) is 11.0. The molecule has 4 nitrogen and oxygen atoms in total. The van der Waals surface area contributed by atoms with Crippen molar-refractivity contribution in [2.75, 3.05) is 33.3 Å². The molecule has 4 heteroatoms. The third-order valence-corrected chi connectivity index (χ3v) is 3.95. The molecular formula is C13H24N2O2. The topological polar surface area (TPSA) is 32.8 Å². The Labute approximate surface area is 104 Å². The first-order valence-corrected chi connectivity index (χ1v) is 6.79. The molecular weight excluding hydrogens is 216 g/mol. The smallest absolute Gasteiger partial charge is 0.239 e. The molecule has 0 N–H and O–H groups in total. The molecule has 2 atom stereocenters. The van der Waals surface area contributed by atoms with Crippen molar-refractivity contribution < 1.29 is 9.53 Å². The fourth-order valence-corrected chi connectivity index (χ4v) is 2.66. The number of likely N-dealkylation sites (tertiary alicyclic amines) is 1. The van der Waals surface area contributed by atoms with Crippen molar-refractivity contribution in [2.45, 2.75) is 44.8 Å². The monoisotopic (exact) mass is 240 g/mol. The van der Waals surface area contributed by atoms with Crippen molar-refractivity contribution in [3.8, 4) is 0 Å². The van der Waals surface area contributed by atoms with Crippen molar-refractivity contribution in [3.05, 3.63) is 0 Å². The lowest BCUT2D eigenvalue weighted by Crippen LogP contribution is -2.46. The second-order valence-electron chi connectivity index (χ2n) is 5.28. The molecule has 0 aromatic rings. The number of carbonyl (C=O) groups excluding carboxylic acids is 1. The summed E-state index contributed by atoms with van der Waals surface area (Å²) in [6.07, 6.45) is 4.94. The summed E-state index contributed by atoms with van der Waals surface area (Å²) >= 11 is 0. The lowest BCUT2D eigenvalue weighted by molar-refractivity contribution is -0.135. The summed E-state index contributed by atoms with van der Waals surface area (Å²) in [4.78, 5) is 16.3. The Balaban J connectivity index is 1.80. The number of nitrogens with zero attached hydrogens (tertiary/aromatic N) is 2. The first-order chi connectivity index (χ1) is 8.18. The summed E-state index contributed by atoms with van der Waals surface area (Å²) in [5.41, 5.74) is 0. The number of ether oxygens (including phenoxy) is 1. The van der Waals surface area contributed by atoms with Crippen molar-refractivity contribution in [3.63, 3.8) is 0 Å². The van der Waals surface area contributed by atoms with Gasteiger partial charge in [0.1, 0.15) is 0 Å². The van der Waals surface area contributed by atoms with Gasteiger partial charge in [0.2, 0.25) is 5.91 Å². The summed E-state index contributed by atoms with van der Waals surface area (Å²) < 4.78 is 5.61. The Kier molecular flexibility index (Phi) is 4.40. The predicted octanol–water partition coefficient (Wildman–Crippen LogP) is 1.11. The Bertz CT molecular complexity index is 258. The van der Waals surface area contributed by atoms with Gasteiger partial charge in [-0.2, -0.15) is 0 Å². The Morgan fingerprint density at radius 2 is 2.12 bits per heavy atom. The molecule has 17 heavy (non-hydrogen) atoms. The highest BCUT2D eigenvalue weighted by atomic mass is 16.5. The quantitative estimate of drug-likeness (QED) is 0.738. The molecule has 2 aliphatic heterocycles. The highest BCUT2D eigenvalue weighted by molar-refractivity contribution is 5.81. The van der Waals surface area contributed by atoms with Crippen LogP contribution < -0.4 is 0 Å². The van der Waals surface area contributed by atoms with E-state index in [2.05, 4.69) is 4.90 Å². The molecule has 0 aromatic carbocycles. The largest absolute Gasteiger partial charge is 0.377 e. The van der Waals surface area contributed by atoms with E-state index in [1.807, 2.05) is 18.9 Å². The van der Waals surface area contributed by atoms with E-state index < -0.39 is 0 Å². The summed E-state index contributed by atoms with van der Waals surface area (Å²) in [6.45, 7) is 5.65. The maximum absolute atomic E-state index is 12.2. The van der Waals surface area contributed by atoms with Gasteiger partial charge in [-0.15, -0.1) is 0 Å². The van der Waals surface area contributed by atoms with Crippen LogP contribution in [0.1, 0.15) is 32.6 Å².